The highest BCUT2D eigenvalue weighted by Gasteiger charge is 2.35. The first-order valence-corrected chi connectivity index (χ1v) is 8.86. The van der Waals surface area contributed by atoms with Crippen molar-refractivity contribution < 1.29 is 9.36 Å². The lowest BCUT2D eigenvalue weighted by atomic mass is 10.3. The normalized spacial score (nSPS) is 15.2. The topological polar surface area (TPSA) is 34.1 Å². The summed E-state index contributed by atoms with van der Waals surface area (Å²) in [6.45, 7) is 0. The standard InChI is InChI=1S/C18H17O2P/c19-14-15-8-7-13-18(15)21(20,16-9-3-1-4-10-16)17-11-5-2-6-12-17/h1-6,9-12,14H,7-8,13H2. The molecule has 1 aliphatic rings. The fourth-order valence-electron chi connectivity index (χ4n) is 2.97. The van der Waals surface area contributed by atoms with Gasteiger partial charge in [-0.05, 0) is 24.8 Å². The molecule has 0 unspecified atom stereocenters. The zero-order chi connectivity index (χ0) is 14.7. The van der Waals surface area contributed by atoms with Crippen LogP contribution in [0.4, 0.5) is 0 Å². The molecule has 2 aromatic rings. The number of benzene rings is 2. The van der Waals surface area contributed by atoms with Gasteiger partial charge in [0, 0.05) is 15.9 Å². The van der Waals surface area contributed by atoms with E-state index < -0.39 is 7.14 Å². The maximum atomic E-state index is 14.0. The molecule has 3 heteroatoms. The van der Waals surface area contributed by atoms with Crippen molar-refractivity contribution >= 4 is 24.0 Å². The van der Waals surface area contributed by atoms with E-state index in [9.17, 15) is 9.36 Å². The third kappa shape index (κ3) is 2.41. The zero-order valence-electron chi connectivity index (χ0n) is 11.7. The summed E-state index contributed by atoms with van der Waals surface area (Å²) >= 11 is 0. The SMILES string of the molecule is O=CC1=C(P(=O)(c2ccccc2)c2ccccc2)CCC1. The molecule has 0 aromatic heterocycles. The second-order valence-corrected chi connectivity index (χ2v) is 8.01. The lowest BCUT2D eigenvalue weighted by molar-refractivity contribution is -0.105. The van der Waals surface area contributed by atoms with E-state index in [1.165, 1.54) is 0 Å². The molecule has 2 nitrogen and oxygen atoms in total. The Bertz CT molecular complexity index is 674. The molecule has 106 valence electrons. The first-order valence-electron chi connectivity index (χ1n) is 7.16. The number of carbonyl (C=O) groups is 1. The molecule has 0 fully saturated rings. The van der Waals surface area contributed by atoms with E-state index in [1.807, 2.05) is 60.7 Å². The van der Waals surface area contributed by atoms with Crippen molar-refractivity contribution in [3.8, 4) is 0 Å². The largest absolute Gasteiger partial charge is 0.309 e. The third-order valence-electron chi connectivity index (χ3n) is 3.99. The van der Waals surface area contributed by atoms with E-state index in [4.69, 9.17) is 0 Å². The third-order valence-corrected chi connectivity index (χ3v) is 7.31. The van der Waals surface area contributed by atoms with E-state index >= 15 is 0 Å². The second-order valence-electron chi connectivity index (χ2n) is 5.22. The van der Waals surface area contributed by atoms with Crippen molar-refractivity contribution in [1.29, 1.82) is 0 Å². The smallest absolute Gasteiger partial charge is 0.167 e. The molecule has 0 amide bonds. The van der Waals surface area contributed by atoms with Gasteiger partial charge >= 0.3 is 0 Å². The van der Waals surface area contributed by atoms with Gasteiger partial charge < -0.3 is 4.57 Å². The summed E-state index contributed by atoms with van der Waals surface area (Å²) in [6.07, 6.45) is 3.28. The molecule has 0 radical (unpaired) electrons. The van der Waals surface area contributed by atoms with E-state index in [1.54, 1.807) is 0 Å². The highest BCUT2D eigenvalue weighted by Crippen LogP contribution is 2.57. The van der Waals surface area contributed by atoms with Crippen molar-refractivity contribution in [2.75, 3.05) is 0 Å². The fourth-order valence-corrected chi connectivity index (χ4v) is 6.12. The van der Waals surface area contributed by atoms with Gasteiger partial charge in [-0.3, -0.25) is 4.79 Å². The predicted octanol–water partition coefficient (Wildman–Crippen LogP) is 3.64. The maximum absolute atomic E-state index is 14.0. The first kappa shape index (κ1) is 14.0. The Morgan fingerprint density at radius 3 is 1.81 bits per heavy atom. The van der Waals surface area contributed by atoms with Crippen LogP contribution in [0.3, 0.4) is 0 Å². The molecule has 0 aliphatic heterocycles. The van der Waals surface area contributed by atoms with Crippen LogP contribution in [-0.4, -0.2) is 6.29 Å². The van der Waals surface area contributed by atoms with Gasteiger partial charge in [0.25, 0.3) is 0 Å². The van der Waals surface area contributed by atoms with Gasteiger partial charge in [0.2, 0.25) is 0 Å². The van der Waals surface area contributed by atoms with Crippen LogP contribution < -0.4 is 10.6 Å². The van der Waals surface area contributed by atoms with Crippen molar-refractivity contribution in [2.24, 2.45) is 0 Å². The minimum atomic E-state index is -2.90. The van der Waals surface area contributed by atoms with E-state index in [0.29, 0.717) is 0 Å². The Hall–Kier alpha value is -1.92. The summed E-state index contributed by atoms with van der Waals surface area (Å²) in [5.74, 6) is 0. The number of allylic oxidation sites excluding steroid dienone is 2. The van der Waals surface area contributed by atoms with Crippen LogP contribution in [0.15, 0.2) is 71.6 Å². The Labute approximate surface area is 124 Å². The number of hydrogen-bond acceptors (Lipinski definition) is 2. The van der Waals surface area contributed by atoms with Crippen molar-refractivity contribution in [2.45, 2.75) is 19.3 Å². The van der Waals surface area contributed by atoms with Crippen LogP contribution >= 0.6 is 7.14 Å². The summed E-state index contributed by atoms with van der Waals surface area (Å²) in [7, 11) is -2.90. The highest BCUT2D eigenvalue weighted by atomic mass is 31.2. The van der Waals surface area contributed by atoms with Gasteiger partial charge in [-0.2, -0.15) is 0 Å². The number of rotatable bonds is 4. The van der Waals surface area contributed by atoms with Gasteiger partial charge in [-0.25, -0.2) is 0 Å². The van der Waals surface area contributed by atoms with Crippen LogP contribution in [0, 0.1) is 0 Å². The maximum Gasteiger partial charge on any atom is 0.167 e. The quantitative estimate of drug-likeness (QED) is 0.637. The van der Waals surface area contributed by atoms with Crippen molar-refractivity contribution in [3.05, 3.63) is 71.6 Å². The van der Waals surface area contributed by atoms with Crippen molar-refractivity contribution in [1.82, 2.24) is 0 Å². The first-order chi connectivity index (χ1) is 10.3. The fraction of sp³-hybridized carbons (Fsp3) is 0.167. The van der Waals surface area contributed by atoms with Gasteiger partial charge in [-0.1, -0.05) is 60.7 Å². The second kappa shape index (κ2) is 5.83. The van der Waals surface area contributed by atoms with Crippen LogP contribution in [0.1, 0.15) is 19.3 Å². The monoisotopic (exact) mass is 296 g/mol. The predicted molar refractivity (Wildman–Crippen MR) is 86.7 cm³/mol. The summed E-state index contributed by atoms with van der Waals surface area (Å²) in [6, 6.07) is 19.1. The summed E-state index contributed by atoms with van der Waals surface area (Å²) in [4.78, 5) is 11.3. The van der Waals surface area contributed by atoms with Gasteiger partial charge in [0.1, 0.15) is 6.29 Å². The molecule has 0 atom stereocenters. The molecule has 21 heavy (non-hydrogen) atoms. The van der Waals surface area contributed by atoms with Crippen LogP contribution in [0.2, 0.25) is 0 Å². The van der Waals surface area contributed by atoms with Gasteiger partial charge in [-0.15, -0.1) is 0 Å². The highest BCUT2D eigenvalue weighted by molar-refractivity contribution is 7.82. The summed E-state index contributed by atoms with van der Waals surface area (Å²) in [5.41, 5.74) is 0.728. The van der Waals surface area contributed by atoms with Crippen LogP contribution in [0.5, 0.6) is 0 Å². The molecule has 0 spiro atoms. The summed E-state index contributed by atoms with van der Waals surface area (Å²) < 4.78 is 14.0. The number of hydrogen-bond donors (Lipinski definition) is 0. The molecule has 0 saturated carbocycles. The zero-order valence-corrected chi connectivity index (χ0v) is 12.6. The molecule has 0 bridgehead atoms. The number of carbonyl (C=O) groups excluding carboxylic acids is 1. The minimum absolute atomic E-state index is 0.728. The molecule has 0 heterocycles. The van der Waals surface area contributed by atoms with Gasteiger partial charge in [0.15, 0.2) is 7.14 Å². The Kier molecular flexibility index (Phi) is 3.90. The Morgan fingerprint density at radius 2 is 1.33 bits per heavy atom. The summed E-state index contributed by atoms with van der Waals surface area (Å²) in [5, 5.41) is 2.47. The number of aldehydes is 1. The van der Waals surface area contributed by atoms with Gasteiger partial charge in [0.05, 0.1) is 0 Å². The molecule has 2 aromatic carbocycles. The molecule has 0 N–H and O–H groups in total. The average Bonchev–Trinajstić information content (AvgIpc) is 3.05. The lowest BCUT2D eigenvalue weighted by Gasteiger charge is -2.21. The van der Waals surface area contributed by atoms with Crippen LogP contribution in [0.25, 0.3) is 0 Å². The van der Waals surface area contributed by atoms with Crippen molar-refractivity contribution in [3.63, 3.8) is 0 Å². The average molecular weight is 296 g/mol. The molecule has 0 saturated heterocycles. The van der Waals surface area contributed by atoms with E-state index in [2.05, 4.69) is 0 Å². The minimum Gasteiger partial charge on any atom is -0.309 e. The molecular weight excluding hydrogens is 279 g/mol. The van der Waals surface area contributed by atoms with E-state index in [-0.39, 0.29) is 0 Å². The lowest BCUT2D eigenvalue weighted by Crippen LogP contribution is -2.17. The molecular formula is C18H17O2P. The van der Waals surface area contributed by atoms with E-state index in [0.717, 1.165) is 47.0 Å². The molecule has 3 rings (SSSR count). The van der Waals surface area contributed by atoms with Crippen LogP contribution in [-0.2, 0) is 9.36 Å². The molecule has 1 aliphatic carbocycles. The Morgan fingerprint density at radius 1 is 0.810 bits per heavy atom. The Balaban J connectivity index is 2.27.